The normalized spacial score (nSPS) is 15.1. The van der Waals surface area contributed by atoms with Crippen LogP contribution in [0.15, 0.2) is 29.4 Å². The zero-order chi connectivity index (χ0) is 19.9. The van der Waals surface area contributed by atoms with Crippen molar-refractivity contribution in [1.29, 1.82) is 0 Å². The van der Waals surface area contributed by atoms with Gasteiger partial charge in [0.25, 0.3) is 0 Å². The summed E-state index contributed by atoms with van der Waals surface area (Å²) in [6.07, 6.45) is 3.56. The van der Waals surface area contributed by atoms with E-state index in [1.54, 1.807) is 4.90 Å². The number of amides is 1. The van der Waals surface area contributed by atoms with Gasteiger partial charge in [0.1, 0.15) is 5.65 Å². The predicted octanol–water partition coefficient (Wildman–Crippen LogP) is 2.94. The van der Waals surface area contributed by atoms with Gasteiger partial charge in [0.15, 0.2) is 5.96 Å². The van der Waals surface area contributed by atoms with Gasteiger partial charge in [-0.05, 0) is 45.7 Å². The van der Waals surface area contributed by atoms with Crippen LogP contribution in [0.3, 0.4) is 0 Å². The first-order valence-electron chi connectivity index (χ1n) is 10.0. The number of hydrogen-bond donors (Lipinski definition) is 2. The molecule has 0 bridgehead atoms. The zero-order valence-electron chi connectivity index (χ0n) is 17.4. The van der Waals surface area contributed by atoms with Gasteiger partial charge in [0.2, 0.25) is 0 Å². The Balaban J connectivity index is 0.00000300. The number of halogens is 1. The second-order valence-electron chi connectivity index (χ2n) is 6.93. The van der Waals surface area contributed by atoms with Crippen molar-refractivity contribution in [3.05, 3.63) is 35.8 Å². The molecule has 0 aliphatic carbocycles. The van der Waals surface area contributed by atoms with Crippen LogP contribution in [0, 0.1) is 6.92 Å². The SMILES string of the molecule is CCNC(=NCc1cn2c(C)cccc2n1)NC1CCN(C(=O)OCC)CC1.I. The van der Waals surface area contributed by atoms with Gasteiger partial charge in [-0.1, -0.05) is 6.07 Å². The molecule has 0 unspecified atom stereocenters. The van der Waals surface area contributed by atoms with Crippen molar-refractivity contribution in [3.63, 3.8) is 0 Å². The number of ether oxygens (including phenoxy) is 1. The molecule has 2 N–H and O–H groups in total. The van der Waals surface area contributed by atoms with E-state index in [4.69, 9.17) is 9.73 Å². The quantitative estimate of drug-likeness (QED) is 0.364. The first kappa shape index (κ1) is 23.2. The topological polar surface area (TPSA) is 83.3 Å². The number of aliphatic imine (C=N–C) groups is 1. The molecule has 2 aromatic heterocycles. The first-order valence-corrected chi connectivity index (χ1v) is 10.0. The maximum atomic E-state index is 11.8. The molecule has 1 saturated heterocycles. The van der Waals surface area contributed by atoms with Gasteiger partial charge >= 0.3 is 6.09 Å². The van der Waals surface area contributed by atoms with E-state index in [0.29, 0.717) is 26.2 Å². The number of hydrogen-bond acceptors (Lipinski definition) is 4. The van der Waals surface area contributed by atoms with Crippen LogP contribution in [0.2, 0.25) is 0 Å². The van der Waals surface area contributed by atoms with E-state index in [2.05, 4.69) is 39.9 Å². The summed E-state index contributed by atoms with van der Waals surface area (Å²) >= 11 is 0. The lowest BCUT2D eigenvalue weighted by Crippen LogP contribution is -2.49. The molecule has 1 aliphatic heterocycles. The third kappa shape index (κ3) is 6.22. The maximum absolute atomic E-state index is 11.8. The fourth-order valence-electron chi connectivity index (χ4n) is 3.37. The fourth-order valence-corrected chi connectivity index (χ4v) is 3.37. The van der Waals surface area contributed by atoms with E-state index in [9.17, 15) is 4.79 Å². The fraction of sp³-hybridized carbons (Fsp3) is 0.550. The standard InChI is InChI=1S/C20H30N6O2.HI/c1-4-21-19(24-16-9-11-25(12-10-16)20(27)28-5-2)22-13-17-14-26-15(3)7-6-8-18(26)23-17;/h6-8,14,16H,4-5,9-13H2,1-3H3,(H2,21,22,24);1H. The van der Waals surface area contributed by atoms with Crippen molar-refractivity contribution < 1.29 is 9.53 Å². The van der Waals surface area contributed by atoms with Crippen molar-refractivity contribution >= 4 is 41.7 Å². The summed E-state index contributed by atoms with van der Waals surface area (Å²) in [7, 11) is 0. The molecule has 8 nitrogen and oxygen atoms in total. The third-order valence-corrected chi connectivity index (χ3v) is 4.85. The van der Waals surface area contributed by atoms with Crippen LogP contribution in [-0.4, -0.2) is 58.6 Å². The van der Waals surface area contributed by atoms with Crippen molar-refractivity contribution in [2.24, 2.45) is 4.99 Å². The zero-order valence-corrected chi connectivity index (χ0v) is 19.7. The highest BCUT2D eigenvalue weighted by Crippen LogP contribution is 2.12. The molecule has 2 aromatic rings. The molecule has 0 spiro atoms. The summed E-state index contributed by atoms with van der Waals surface area (Å²) in [5, 5.41) is 6.79. The summed E-state index contributed by atoms with van der Waals surface area (Å²) < 4.78 is 7.16. The molecular weight excluding hydrogens is 483 g/mol. The molecule has 160 valence electrons. The Morgan fingerprint density at radius 3 is 2.72 bits per heavy atom. The molecule has 0 atom stereocenters. The van der Waals surface area contributed by atoms with Gasteiger partial charge < -0.3 is 24.7 Å². The number of rotatable bonds is 5. The number of nitrogens with one attached hydrogen (secondary N) is 2. The molecule has 0 radical (unpaired) electrons. The number of fused-ring (bicyclic) bond motifs is 1. The molecule has 9 heteroatoms. The third-order valence-electron chi connectivity index (χ3n) is 4.85. The summed E-state index contributed by atoms with van der Waals surface area (Å²) in [4.78, 5) is 22.9. The highest BCUT2D eigenvalue weighted by atomic mass is 127. The molecule has 3 rings (SSSR count). The minimum Gasteiger partial charge on any atom is -0.450 e. The number of carbonyl (C=O) groups is 1. The van der Waals surface area contributed by atoms with Crippen LogP contribution in [0.5, 0.6) is 0 Å². The number of pyridine rings is 1. The highest BCUT2D eigenvalue weighted by molar-refractivity contribution is 14.0. The predicted molar refractivity (Wildman–Crippen MR) is 125 cm³/mol. The van der Waals surface area contributed by atoms with Crippen molar-refractivity contribution in [2.45, 2.75) is 46.2 Å². The van der Waals surface area contributed by atoms with Crippen molar-refractivity contribution in [3.8, 4) is 0 Å². The Morgan fingerprint density at radius 1 is 1.31 bits per heavy atom. The average molecular weight is 514 g/mol. The lowest BCUT2D eigenvalue weighted by atomic mass is 10.1. The van der Waals surface area contributed by atoms with Crippen LogP contribution in [-0.2, 0) is 11.3 Å². The summed E-state index contributed by atoms with van der Waals surface area (Å²) in [6.45, 7) is 9.05. The van der Waals surface area contributed by atoms with Crippen LogP contribution in [0.25, 0.3) is 5.65 Å². The van der Waals surface area contributed by atoms with E-state index < -0.39 is 0 Å². The number of piperidine rings is 1. The van der Waals surface area contributed by atoms with Gasteiger partial charge in [-0.15, -0.1) is 24.0 Å². The van der Waals surface area contributed by atoms with Gasteiger partial charge in [-0.2, -0.15) is 0 Å². The van der Waals surface area contributed by atoms with E-state index in [0.717, 1.165) is 42.4 Å². The Labute approximate surface area is 189 Å². The number of nitrogens with zero attached hydrogens (tertiary/aromatic N) is 4. The molecule has 1 amide bonds. The molecule has 1 aliphatic rings. The van der Waals surface area contributed by atoms with Gasteiger partial charge in [0, 0.05) is 37.6 Å². The van der Waals surface area contributed by atoms with E-state index in [1.165, 1.54) is 0 Å². The number of aromatic nitrogens is 2. The lowest BCUT2D eigenvalue weighted by molar-refractivity contribution is 0.0963. The van der Waals surface area contributed by atoms with Gasteiger partial charge in [-0.25, -0.2) is 14.8 Å². The Hall–Kier alpha value is -2.04. The van der Waals surface area contributed by atoms with Crippen LogP contribution >= 0.6 is 24.0 Å². The Morgan fingerprint density at radius 2 is 2.07 bits per heavy atom. The largest absolute Gasteiger partial charge is 0.450 e. The van der Waals surface area contributed by atoms with Crippen LogP contribution in [0.4, 0.5) is 4.79 Å². The minimum absolute atomic E-state index is 0. The Kier molecular flexibility index (Phi) is 8.99. The first-order chi connectivity index (χ1) is 13.6. The number of guanidine groups is 1. The molecule has 3 heterocycles. The second kappa shape index (κ2) is 11.2. The smallest absolute Gasteiger partial charge is 0.409 e. The number of aryl methyl sites for hydroxylation is 1. The summed E-state index contributed by atoms with van der Waals surface area (Å²) in [5.74, 6) is 0.783. The molecule has 1 fully saturated rings. The van der Waals surface area contributed by atoms with Crippen LogP contribution < -0.4 is 10.6 Å². The molecule has 0 aromatic carbocycles. The highest BCUT2D eigenvalue weighted by Gasteiger charge is 2.24. The molecule has 29 heavy (non-hydrogen) atoms. The molecule has 0 saturated carbocycles. The van der Waals surface area contributed by atoms with E-state index >= 15 is 0 Å². The van der Waals surface area contributed by atoms with Gasteiger partial charge in [0.05, 0.1) is 18.8 Å². The monoisotopic (exact) mass is 514 g/mol. The second-order valence-corrected chi connectivity index (χ2v) is 6.93. The summed E-state index contributed by atoms with van der Waals surface area (Å²) in [6, 6.07) is 6.36. The van der Waals surface area contributed by atoms with Crippen molar-refractivity contribution in [1.82, 2.24) is 24.9 Å². The number of likely N-dealkylation sites (tertiary alicyclic amines) is 1. The van der Waals surface area contributed by atoms with Gasteiger partial charge in [-0.3, -0.25) is 0 Å². The number of imidazole rings is 1. The van der Waals surface area contributed by atoms with Crippen molar-refractivity contribution in [2.75, 3.05) is 26.2 Å². The maximum Gasteiger partial charge on any atom is 0.409 e. The van der Waals surface area contributed by atoms with Crippen LogP contribution in [0.1, 0.15) is 38.1 Å². The molecular formula is C20H31IN6O2. The number of carbonyl (C=O) groups excluding carboxylic acids is 1. The Bertz CT molecular complexity index is 829. The van der Waals surface area contributed by atoms with E-state index in [-0.39, 0.29) is 36.1 Å². The average Bonchev–Trinajstić information content (AvgIpc) is 3.12. The minimum atomic E-state index is -0.219. The summed E-state index contributed by atoms with van der Waals surface area (Å²) in [5.41, 5.74) is 3.02. The van der Waals surface area contributed by atoms with E-state index in [1.807, 2.05) is 25.3 Å². The lowest BCUT2D eigenvalue weighted by Gasteiger charge is -2.32.